The molecular weight excluding hydrogens is 296 g/mol. The highest BCUT2D eigenvalue weighted by Gasteiger charge is 2.12. The van der Waals surface area contributed by atoms with Crippen molar-refractivity contribution in [2.45, 2.75) is 6.54 Å². The van der Waals surface area contributed by atoms with Crippen LogP contribution in [-0.4, -0.2) is 24.7 Å². The largest absolute Gasteiger partial charge is 0.374 e. The monoisotopic (exact) mass is 304 g/mol. The normalized spacial score (nSPS) is 10.9. The number of fused-ring (bicyclic) bond motifs is 1. The summed E-state index contributed by atoms with van der Waals surface area (Å²) in [4.78, 5) is 26.7. The minimum Gasteiger partial charge on any atom is -0.374 e. The molecule has 0 aliphatic heterocycles. The van der Waals surface area contributed by atoms with Gasteiger partial charge in [0.2, 0.25) is 5.13 Å². The summed E-state index contributed by atoms with van der Waals surface area (Å²) in [6.45, 7) is 0.166. The summed E-state index contributed by atoms with van der Waals surface area (Å²) in [5, 5.41) is 19.3. The molecule has 0 saturated carbocycles. The number of non-ortho nitro benzene ring substituents is 1. The van der Waals surface area contributed by atoms with Gasteiger partial charge in [0, 0.05) is 12.1 Å². The van der Waals surface area contributed by atoms with Crippen molar-refractivity contribution in [2.75, 3.05) is 5.73 Å². The smallest absolute Gasteiger partial charge is 0.270 e. The number of rotatable bonds is 3. The highest BCUT2D eigenvalue weighted by atomic mass is 32.1. The zero-order valence-electron chi connectivity index (χ0n) is 10.5. The Kier molecular flexibility index (Phi) is 3.06. The lowest BCUT2D eigenvalue weighted by molar-refractivity contribution is -0.384. The van der Waals surface area contributed by atoms with Gasteiger partial charge in [0.05, 0.1) is 28.7 Å². The van der Waals surface area contributed by atoms with Gasteiger partial charge in [-0.2, -0.15) is 0 Å². The van der Waals surface area contributed by atoms with Crippen molar-refractivity contribution >= 4 is 33.1 Å². The van der Waals surface area contributed by atoms with Crippen LogP contribution in [0.25, 0.3) is 10.9 Å². The van der Waals surface area contributed by atoms with Crippen molar-refractivity contribution < 1.29 is 4.92 Å². The van der Waals surface area contributed by atoms with Crippen LogP contribution in [0, 0.1) is 10.1 Å². The van der Waals surface area contributed by atoms with E-state index >= 15 is 0 Å². The first-order valence-corrected chi connectivity index (χ1v) is 6.57. The summed E-state index contributed by atoms with van der Waals surface area (Å²) in [6.07, 6.45) is 1.37. The van der Waals surface area contributed by atoms with Gasteiger partial charge in [0.15, 0.2) is 0 Å². The number of nitrogen functional groups attached to an aromatic ring is 1. The molecule has 21 heavy (non-hydrogen) atoms. The zero-order valence-corrected chi connectivity index (χ0v) is 11.3. The van der Waals surface area contributed by atoms with Crippen molar-refractivity contribution in [1.82, 2.24) is 19.7 Å². The molecular formula is C11H8N6O3S. The number of anilines is 1. The summed E-state index contributed by atoms with van der Waals surface area (Å²) < 4.78 is 1.31. The molecule has 2 heterocycles. The molecule has 0 amide bonds. The van der Waals surface area contributed by atoms with Gasteiger partial charge in [-0.05, 0) is 6.07 Å². The number of nitro benzene ring substituents is 1. The molecule has 3 aromatic rings. The van der Waals surface area contributed by atoms with E-state index in [0.29, 0.717) is 15.7 Å². The predicted octanol–water partition coefficient (Wildman–Crippen LogP) is 0.787. The molecule has 106 valence electrons. The van der Waals surface area contributed by atoms with Gasteiger partial charge in [-0.1, -0.05) is 11.3 Å². The first kappa shape index (κ1) is 13.1. The van der Waals surface area contributed by atoms with Crippen LogP contribution in [-0.2, 0) is 6.54 Å². The van der Waals surface area contributed by atoms with Crippen molar-refractivity contribution in [2.24, 2.45) is 0 Å². The minimum atomic E-state index is -0.554. The number of hydrogen-bond acceptors (Lipinski definition) is 8. The average molecular weight is 304 g/mol. The van der Waals surface area contributed by atoms with E-state index < -0.39 is 4.92 Å². The average Bonchev–Trinajstić information content (AvgIpc) is 2.87. The second-order valence-corrected chi connectivity index (χ2v) is 5.26. The number of nitrogens with two attached hydrogens (primary N) is 1. The Labute approximate surface area is 120 Å². The summed E-state index contributed by atoms with van der Waals surface area (Å²) >= 11 is 1.16. The second kappa shape index (κ2) is 4.90. The maximum atomic E-state index is 12.3. The van der Waals surface area contributed by atoms with Gasteiger partial charge in [-0.25, -0.2) is 4.98 Å². The molecule has 0 radical (unpaired) electrons. The van der Waals surface area contributed by atoms with Crippen LogP contribution in [0.1, 0.15) is 5.01 Å². The molecule has 9 nitrogen and oxygen atoms in total. The van der Waals surface area contributed by atoms with Crippen molar-refractivity contribution in [3.8, 4) is 0 Å². The Morgan fingerprint density at radius 1 is 1.38 bits per heavy atom. The van der Waals surface area contributed by atoms with Crippen LogP contribution in [0.4, 0.5) is 10.8 Å². The molecule has 1 aromatic carbocycles. The molecule has 2 N–H and O–H groups in total. The maximum absolute atomic E-state index is 12.3. The van der Waals surface area contributed by atoms with Crippen LogP contribution < -0.4 is 11.3 Å². The van der Waals surface area contributed by atoms with E-state index in [1.54, 1.807) is 0 Å². The summed E-state index contributed by atoms with van der Waals surface area (Å²) in [5.41, 5.74) is 5.35. The van der Waals surface area contributed by atoms with Gasteiger partial charge in [0.25, 0.3) is 11.2 Å². The SMILES string of the molecule is Nc1nnc(Cn2cnc3ccc([N+](=O)[O-])cc3c2=O)s1. The van der Waals surface area contributed by atoms with E-state index in [0.717, 1.165) is 11.3 Å². The third-order valence-electron chi connectivity index (χ3n) is 2.81. The lowest BCUT2D eigenvalue weighted by Crippen LogP contribution is -2.21. The van der Waals surface area contributed by atoms with Gasteiger partial charge < -0.3 is 5.73 Å². The number of aromatic nitrogens is 4. The number of nitrogens with zero attached hydrogens (tertiary/aromatic N) is 5. The maximum Gasteiger partial charge on any atom is 0.270 e. The van der Waals surface area contributed by atoms with Crippen molar-refractivity contribution in [3.05, 3.63) is 50.0 Å². The van der Waals surface area contributed by atoms with Crippen LogP contribution in [0.2, 0.25) is 0 Å². The quantitative estimate of drug-likeness (QED) is 0.559. The van der Waals surface area contributed by atoms with Crippen LogP contribution in [0.15, 0.2) is 29.3 Å². The van der Waals surface area contributed by atoms with E-state index in [2.05, 4.69) is 15.2 Å². The first-order chi connectivity index (χ1) is 10.0. The predicted molar refractivity (Wildman–Crippen MR) is 76.1 cm³/mol. The minimum absolute atomic E-state index is 0.153. The van der Waals surface area contributed by atoms with Crippen LogP contribution >= 0.6 is 11.3 Å². The third-order valence-corrected chi connectivity index (χ3v) is 3.54. The van der Waals surface area contributed by atoms with E-state index in [4.69, 9.17) is 5.73 Å². The molecule has 2 aromatic heterocycles. The van der Waals surface area contributed by atoms with Crippen molar-refractivity contribution in [3.63, 3.8) is 0 Å². The second-order valence-electron chi connectivity index (χ2n) is 4.17. The summed E-state index contributed by atoms with van der Waals surface area (Å²) in [6, 6.07) is 3.97. The Hall–Kier alpha value is -2.88. The summed E-state index contributed by atoms with van der Waals surface area (Å²) in [5.74, 6) is 0. The number of nitro groups is 1. The molecule has 0 fully saturated rings. The topological polar surface area (TPSA) is 130 Å². The van der Waals surface area contributed by atoms with E-state index in [-0.39, 0.29) is 23.2 Å². The van der Waals surface area contributed by atoms with Crippen LogP contribution in [0.3, 0.4) is 0 Å². The number of hydrogen-bond donors (Lipinski definition) is 1. The Morgan fingerprint density at radius 3 is 2.86 bits per heavy atom. The third kappa shape index (κ3) is 2.43. The first-order valence-electron chi connectivity index (χ1n) is 5.76. The highest BCUT2D eigenvalue weighted by Crippen LogP contribution is 2.17. The van der Waals surface area contributed by atoms with Gasteiger partial charge in [-0.3, -0.25) is 19.5 Å². The number of benzene rings is 1. The molecule has 0 aliphatic rings. The molecule has 0 aliphatic carbocycles. The standard InChI is InChI=1S/C11H8N6O3S/c12-11-15-14-9(21-11)4-16-5-13-8-2-1-6(17(19)20)3-7(8)10(16)18/h1-3,5H,4H2,(H2,12,15). The molecule has 10 heteroatoms. The molecule has 0 bridgehead atoms. The van der Waals surface area contributed by atoms with Crippen LogP contribution in [0.5, 0.6) is 0 Å². The summed E-state index contributed by atoms with van der Waals surface area (Å²) in [7, 11) is 0. The Morgan fingerprint density at radius 2 is 2.19 bits per heavy atom. The highest BCUT2D eigenvalue weighted by molar-refractivity contribution is 7.15. The van der Waals surface area contributed by atoms with Crippen molar-refractivity contribution in [1.29, 1.82) is 0 Å². The molecule has 0 unspecified atom stereocenters. The lowest BCUT2D eigenvalue weighted by atomic mass is 10.2. The van der Waals surface area contributed by atoms with E-state index in [9.17, 15) is 14.9 Å². The Bertz CT molecular complexity index is 902. The Balaban J connectivity index is 2.10. The fourth-order valence-corrected chi connectivity index (χ4v) is 2.46. The van der Waals surface area contributed by atoms with Gasteiger partial charge in [0.1, 0.15) is 5.01 Å². The fraction of sp³-hybridized carbons (Fsp3) is 0.0909. The zero-order chi connectivity index (χ0) is 15.0. The molecule has 0 spiro atoms. The fourth-order valence-electron chi connectivity index (χ4n) is 1.85. The lowest BCUT2D eigenvalue weighted by Gasteiger charge is -2.03. The van der Waals surface area contributed by atoms with Gasteiger partial charge in [-0.15, -0.1) is 10.2 Å². The van der Waals surface area contributed by atoms with E-state index in [1.807, 2.05) is 0 Å². The van der Waals surface area contributed by atoms with Gasteiger partial charge >= 0.3 is 0 Å². The molecule has 0 atom stereocenters. The molecule has 0 saturated heterocycles. The van der Waals surface area contributed by atoms with E-state index in [1.165, 1.54) is 29.1 Å². The molecule has 3 rings (SSSR count).